The third kappa shape index (κ3) is 6.44. The molecule has 13 nitrogen and oxygen atoms in total. The van der Waals surface area contributed by atoms with E-state index in [0.717, 1.165) is 44.1 Å². The highest BCUT2D eigenvalue weighted by molar-refractivity contribution is 6.03. The quantitative estimate of drug-likeness (QED) is 0.124. The van der Waals surface area contributed by atoms with E-state index >= 15 is 4.79 Å². The predicted octanol–water partition coefficient (Wildman–Crippen LogP) is 2.88. The fourth-order valence-electron chi connectivity index (χ4n) is 17.0. The lowest BCUT2D eigenvalue weighted by Crippen LogP contribution is -2.75. The van der Waals surface area contributed by atoms with Gasteiger partial charge in [0.2, 0.25) is 0 Å². The number of ketones is 1. The maximum absolute atomic E-state index is 16.0. The molecule has 65 heavy (non-hydrogen) atoms. The number of aliphatic hydroxyl groups is 8. The Hall–Kier alpha value is -2.61. The number of hydrogen-bond acceptors (Lipinski definition) is 13. The van der Waals surface area contributed by atoms with E-state index in [0.29, 0.717) is 24.3 Å². The first-order chi connectivity index (χ1) is 30.8. The first-order valence-corrected chi connectivity index (χ1v) is 25.2. The van der Waals surface area contributed by atoms with Gasteiger partial charge in [0.15, 0.2) is 5.78 Å². The van der Waals surface area contributed by atoms with Gasteiger partial charge in [0.1, 0.15) is 5.60 Å². The summed E-state index contributed by atoms with van der Waals surface area (Å²) in [4.78, 5) is 16.0. The lowest BCUT2D eigenvalue weighted by atomic mass is 9.35. The summed E-state index contributed by atoms with van der Waals surface area (Å²) in [6.07, 6.45) is 11.4. The van der Waals surface area contributed by atoms with Crippen LogP contribution in [0.15, 0.2) is 47.3 Å². The van der Waals surface area contributed by atoms with E-state index in [1.807, 2.05) is 30.5 Å². The van der Waals surface area contributed by atoms with Gasteiger partial charge in [-0.1, -0.05) is 44.4 Å². The highest BCUT2D eigenvalue weighted by Gasteiger charge is 2.81. The molecule has 12 N–H and O–H groups in total. The summed E-state index contributed by atoms with van der Waals surface area (Å²) in [5.41, 5.74) is -4.12. The number of hydrogen-bond donors (Lipinski definition) is 11. The minimum atomic E-state index is -1.95. The summed E-state index contributed by atoms with van der Waals surface area (Å²) in [7, 11) is 0. The van der Waals surface area contributed by atoms with Crippen molar-refractivity contribution in [3.8, 4) is 11.8 Å². The van der Waals surface area contributed by atoms with Crippen molar-refractivity contribution in [2.24, 2.45) is 57.5 Å². The lowest BCUT2D eigenvalue weighted by molar-refractivity contribution is -0.268. The van der Waals surface area contributed by atoms with Crippen LogP contribution in [0, 0.1) is 63.6 Å². The zero-order valence-electron chi connectivity index (χ0n) is 38.6. The van der Waals surface area contributed by atoms with Gasteiger partial charge in [-0.05, 0) is 125 Å². The summed E-state index contributed by atoms with van der Waals surface area (Å²) in [6.45, 7) is 5.45. The van der Waals surface area contributed by atoms with Gasteiger partial charge in [-0.15, -0.1) is 11.8 Å². The van der Waals surface area contributed by atoms with E-state index in [2.05, 4.69) is 29.4 Å². The number of nitrogens with two attached hydrogens (primary N) is 1. The first-order valence-electron chi connectivity index (χ1n) is 25.2. The maximum Gasteiger partial charge on any atom is 0.186 e. The SMILES string of the molecule is CCC[C@@H]1CC[C@H]2[C@H]3[C@@H](O[C@@H]2CC1)[C@@](O)([C@](C)(O)[C@H]1CC[C@@]2(O)C4=C(NC[C@H](C)O)C(=O)[C@@]56CC#CC[C@@]12C[C@@]1(O)C=C[C@H](C2=CNC(N)C=C2)C[C@@]5(C[C@H](O)[C@H](O)C6)[C@H]41)CCC[C@@H]3O. The molecule has 5 saturated carbocycles. The Balaban J connectivity index is 1.16. The van der Waals surface area contributed by atoms with Crippen molar-refractivity contribution in [1.29, 1.82) is 0 Å². The molecule has 9 aliphatic carbocycles. The van der Waals surface area contributed by atoms with Crippen LogP contribution >= 0.6 is 0 Å². The minimum Gasteiger partial charge on any atom is -0.393 e. The van der Waals surface area contributed by atoms with Crippen molar-refractivity contribution < 1.29 is 50.4 Å². The molecule has 6 fully saturated rings. The third-order valence-corrected chi connectivity index (χ3v) is 19.8. The van der Waals surface area contributed by atoms with E-state index in [9.17, 15) is 40.9 Å². The zero-order valence-corrected chi connectivity index (χ0v) is 38.6. The number of aliphatic hydroxyl groups excluding tert-OH is 4. The van der Waals surface area contributed by atoms with Crippen molar-refractivity contribution in [1.82, 2.24) is 10.6 Å². The smallest absolute Gasteiger partial charge is 0.186 e. The second-order valence-corrected chi connectivity index (χ2v) is 23.1. The van der Waals surface area contributed by atoms with Crippen LogP contribution in [0.5, 0.6) is 0 Å². The molecule has 13 heteroatoms. The predicted molar refractivity (Wildman–Crippen MR) is 242 cm³/mol. The topological polar surface area (TPSA) is 238 Å². The van der Waals surface area contributed by atoms with Crippen molar-refractivity contribution >= 4 is 5.78 Å². The van der Waals surface area contributed by atoms with Crippen LogP contribution in [-0.4, -0.2) is 118 Å². The summed E-state index contributed by atoms with van der Waals surface area (Å²) < 4.78 is 7.02. The van der Waals surface area contributed by atoms with Gasteiger partial charge in [0, 0.05) is 54.7 Å². The molecule has 358 valence electrons. The molecule has 0 aromatic carbocycles. The molecule has 0 aromatic rings. The molecule has 3 spiro atoms. The number of allylic oxidation sites excluding steroid dienone is 4. The van der Waals surface area contributed by atoms with Gasteiger partial charge in [0.05, 0.1) is 70.7 Å². The Morgan fingerprint density at radius 3 is 2.46 bits per heavy atom. The molecule has 11 rings (SSSR count). The molecule has 11 aliphatic rings. The van der Waals surface area contributed by atoms with Gasteiger partial charge in [0.25, 0.3) is 0 Å². The standard InChI is InChI=1S/C52H75N3O10/c1-4-8-30-10-13-33-37(14-11-30)65-45-40(33)34(57)9-7-20-52(45,64)46(3,61)38-17-22-51(63)41-42(55-26-29(2)56)44(60)47-18-5-6-19-48(38,51)28-50(62)21-16-31(32-12-15-39(53)54-27-32)23-49(47,43(41)50)25-36(59)35(58)24-47/h12,15-16,21,27,29-31,33-40,43,45,54-59,61-64H,4,7-11,13-14,17-20,22-26,28,53H2,1-3H3/t29-,30+,31-,33+,34-,35+,36-,37+,38+,39?,40+,43-,45+,46+,47-,48+,49+,50-,51+,52+/m0/s1. The van der Waals surface area contributed by atoms with Crippen molar-refractivity contribution in [2.45, 2.75) is 195 Å². The molecule has 20 atom stereocenters. The van der Waals surface area contributed by atoms with Crippen LogP contribution in [0.25, 0.3) is 0 Å². The Kier molecular flexibility index (Phi) is 11.3. The molecule has 2 aliphatic heterocycles. The van der Waals surface area contributed by atoms with Gasteiger partial charge < -0.3 is 62.0 Å². The number of carbonyl (C=O) groups excluding carboxylic acids is 1. The second-order valence-electron chi connectivity index (χ2n) is 23.1. The number of nitrogens with one attached hydrogen (secondary N) is 2. The van der Waals surface area contributed by atoms with Gasteiger partial charge in [-0.25, -0.2) is 0 Å². The number of fused-ring (bicyclic) bond motifs is 6. The summed E-state index contributed by atoms with van der Waals surface area (Å²) >= 11 is 0. The van der Waals surface area contributed by atoms with E-state index in [4.69, 9.17) is 10.5 Å². The van der Waals surface area contributed by atoms with Gasteiger partial charge in [-0.3, -0.25) is 4.79 Å². The molecule has 0 radical (unpaired) electrons. The average Bonchev–Trinajstić information content (AvgIpc) is 3.60. The number of dihydropyridines is 1. The van der Waals surface area contributed by atoms with E-state index in [1.165, 1.54) is 0 Å². The van der Waals surface area contributed by atoms with E-state index in [-0.39, 0.29) is 93.8 Å². The Bertz CT molecular complexity index is 2110. The van der Waals surface area contributed by atoms with E-state index in [1.54, 1.807) is 13.8 Å². The van der Waals surface area contributed by atoms with Gasteiger partial charge in [-0.2, -0.15) is 0 Å². The Morgan fingerprint density at radius 1 is 0.969 bits per heavy atom. The summed E-state index contributed by atoms with van der Waals surface area (Å²) in [5.74, 6) is 4.41. The molecular formula is C52H75N3O10. The Labute approximate surface area is 384 Å². The normalized spacial score (nSPS) is 51.1. The average molecular weight is 902 g/mol. The second kappa shape index (κ2) is 16.0. The van der Waals surface area contributed by atoms with Crippen molar-refractivity contribution in [2.75, 3.05) is 6.54 Å². The number of rotatable bonds is 8. The van der Waals surface area contributed by atoms with Gasteiger partial charge >= 0.3 is 0 Å². The molecule has 2 heterocycles. The largest absolute Gasteiger partial charge is 0.393 e. The highest BCUT2D eigenvalue weighted by atomic mass is 16.5. The maximum atomic E-state index is 16.0. The molecule has 6 bridgehead atoms. The lowest BCUT2D eigenvalue weighted by Gasteiger charge is -2.70. The van der Waals surface area contributed by atoms with Crippen LogP contribution in [0.1, 0.15) is 130 Å². The molecule has 0 aromatic heterocycles. The molecule has 1 unspecified atom stereocenters. The third-order valence-electron chi connectivity index (χ3n) is 19.8. The van der Waals surface area contributed by atoms with Crippen LogP contribution in [0.4, 0.5) is 0 Å². The number of ether oxygens (including phenoxy) is 1. The van der Waals surface area contributed by atoms with Crippen molar-refractivity contribution in [3.63, 3.8) is 0 Å². The Morgan fingerprint density at radius 2 is 1.72 bits per heavy atom. The molecular weight excluding hydrogens is 827 g/mol. The minimum absolute atomic E-state index is 0.0109. The summed E-state index contributed by atoms with van der Waals surface area (Å²) in [6, 6.07) is 0. The summed E-state index contributed by atoms with van der Waals surface area (Å²) in [5, 5.41) is 108. The zero-order chi connectivity index (χ0) is 46.1. The fraction of sp³-hybridized carbons (Fsp3) is 0.788. The number of carbonyl (C=O) groups is 1. The van der Waals surface area contributed by atoms with Crippen LogP contribution in [-0.2, 0) is 9.53 Å². The van der Waals surface area contributed by atoms with Crippen LogP contribution < -0.4 is 16.4 Å². The monoisotopic (exact) mass is 902 g/mol. The fourth-order valence-corrected chi connectivity index (χ4v) is 17.0. The first kappa shape index (κ1) is 46.1. The highest BCUT2D eigenvalue weighted by Crippen LogP contribution is 2.78. The molecule has 0 amide bonds. The molecule has 1 saturated heterocycles. The van der Waals surface area contributed by atoms with Crippen molar-refractivity contribution in [3.05, 3.63) is 47.3 Å². The van der Waals surface area contributed by atoms with Crippen LogP contribution in [0.2, 0.25) is 0 Å². The number of Topliss-reactive ketones (excluding diaryl/α,β-unsaturated/α-hetero) is 1. The van der Waals surface area contributed by atoms with E-state index < -0.39 is 93.1 Å². The van der Waals surface area contributed by atoms with Crippen LogP contribution in [0.3, 0.4) is 0 Å².